The zero-order chi connectivity index (χ0) is 15.8. The van der Waals surface area contributed by atoms with E-state index >= 15 is 0 Å². The molecule has 6 nitrogen and oxygen atoms in total. The van der Waals surface area contributed by atoms with Gasteiger partial charge in [-0.1, -0.05) is 0 Å². The lowest BCUT2D eigenvalue weighted by Crippen LogP contribution is -2.38. The summed E-state index contributed by atoms with van der Waals surface area (Å²) >= 11 is 3.17. The van der Waals surface area contributed by atoms with Crippen LogP contribution >= 0.6 is 28.3 Å². The SMILES string of the molecule is CN(C1CCNC1)S(=O)(=O)c1ccc(S(C)(=O)=O)cc1Br.Cl. The molecule has 1 aliphatic heterocycles. The fourth-order valence-electron chi connectivity index (χ4n) is 2.22. The van der Waals surface area contributed by atoms with E-state index in [-0.39, 0.29) is 32.7 Å². The van der Waals surface area contributed by atoms with Gasteiger partial charge in [-0.15, -0.1) is 12.4 Å². The molecule has 2 rings (SSSR count). The number of likely N-dealkylation sites (N-methyl/N-ethyl adjacent to an activating group) is 1. The quantitative estimate of drug-likeness (QED) is 0.773. The summed E-state index contributed by atoms with van der Waals surface area (Å²) in [6.45, 7) is 1.41. The molecule has 10 heteroatoms. The molecule has 1 N–H and O–H groups in total. The van der Waals surface area contributed by atoms with E-state index in [0.29, 0.717) is 6.54 Å². The van der Waals surface area contributed by atoms with Gasteiger partial charge in [0.05, 0.1) is 9.79 Å². The summed E-state index contributed by atoms with van der Waals surface area (Å²) in [4.78, 5) is 0.155. The van der Waals surface area contributed by atoms with Gasteiger partial charge in [-0.25, -0.2) is 16.8 Å². The molecule has 0 radical (unpaired) electrons. The maximum Gasteiger partial charge on any atom is 0.244 e. The Bertz CT molecular complexity index is 746. The van der Waals surface area contributed by atoms with Gasteiger partial charge in [-0.2, -0.15) is 4.31 Å². The Morgan fingerprint density at radius 2 is 1.91 bits per heavy atom. The van der Waals surface area contributed by atoms with E-state index in [1.165, 1.54) is 22.5 Å². The van der Waals surface area contributed by atoms with E-state index < -0.39 is 19.9 Å². The molecule has 1 aromatic carbocycles. The maximum atomic E-state index is 12.6. The summed E-state index contributed by atoms with van der Waals surface area (Å²) in [5, 5.41) is 3.12. The van der Waals surface area contributed by atoms with Crippen LogP contribution < -0.4 is 5.32 Å². The molecule has 126 valence electrons. The Kier molecular flexibility index (Phi) is 6.45. The third-order valence-electron chi connectivity index (χ3n) is 3.54. The molecule has 0 bridgehead atoms. The fourth-order valence-corrected chi connectivity index (χ4v) is 5.44. The van der Waals surface area contributed by atoms with Gasteiger partial charge in [0.25, 0.3) is 0 Å². The van der Waals surface area contributed by atoms with E-state index in [2.05, 4.69) is 21.2 Å². The predicted molar refractivity (Wildman–Crippen MR) is 90.7 cm³/mol. The summed E-state index contributed by atoms with van der Waals surface area (Å²) in [7, 11) is -5.49. The molecule has 1 aromatic rings. The van der Waals surface area contributed by atoms with Crippen molar-refractivity contribution in [3.8, 4) is 0 Å². The lowest BCUT2D eigenvalue weighted by molar-refractivity contribution is 0.387. The van der Waals surface area contributed by atoms with Crippen molar-refractivity contribution in [3.05, 3.63) is 22.7 Å². The van der Waals surface area contributed by atoms with Gasteiger partial charge in [-0.05, 0) is 47.1 Å². The first-order valence-corrected chi connectivity index (χ1v) is 10.4. The number of benzene rings is 1. The number of nitrogens with one attached hydrogen (secondary N) is 1. The summed E-state index contributed by atoms with van der Waals surface area (Å²) < 4.78 is 49.8. The third kappa shape index (κ3) is 4.01. The molecule has 1 atom stereocenters. The minimum Gasteiger partial charge on any atom is -0.315 e. The van der Waals surface area contributed by atoms with Crippen LogP contribution in [0.5, 0.6) is 0 Å². The fraction of sp³-hybridized carbons (Fsp3) is 0.500. The van der Waals surface area contributed by atoms with Crippen molar-refractivity contribution < 1.29 is 16.8 Å². The van der Waals surface area contributed by atoms with Crippen LogP contribution in [0.15, 0.2) is 32.5 Å². The second-order valence-corrected chi connectivity index (χ2v) is 9.87. The Balaban J connectivity index is 0.00000242. The highest BCUT2D eigenvalue weighted by Crippen LogP contribution is 2.28. The summed E-state index contributed by atoms with van der Waals surface area (Å²) in [6.07, 6.45) is 1.84. The molecular weight excluding hydrogens is 416 g/mol. The van der Waals surface area contributed by atoms with Crippen molar-refractivity contribution in [2.24, 2.45) is 0 Å². The Labute approximate surface area is 145 Å². The highest BCUT2D eigenvalue weighted by molar-refractivity contribution is 9.10. The minimum atomic E-state index is -3.66. The molecule has 1 aliphatic rings. The standard InChI is InChI=1S/C12H17BrN2O4S2.ClH/c1-15(9-5-6-14-8-9)21(18,19)12-4-3-10(7-11(12)13)20(2,16)17;/h3-4,7,9,14H,5-6,8H2,1-2H3;1H. The monoisotopic (exact) mass is 432 g/mol. The van der Waals surface area contributed by atoms with Gasteiger partial charge in [0.15, 0.2) is 9.84 Å². The molecule has 1 saturated heterocycles. The number of hydrogen-bond donors (Lipinski definition) is 1. The summed E-state index contributed by atoms with van der Waals surface area (Å²) in [6, 6.07) is 3.88. The summed E-state index contributed by atoms with van der Waals surface area (Å²) in [5.41, 5.74) is 0. The van der Waals surface area contributed by atoms with Crippen molar-refractivity contribution in [2.45, 2.75) is 22.3 Å². The van der Waals surface area contributed by atoms with Gasteiger partial charge in [0.2, 0.25) is 10.0 Å². The van der Waals surface area contributed by atoms with E-state index in [0.717, 1.165) is 19.2 Å². The Morgan fingerprint density at radius 3 is 2.36 bits per heavy atom. The molecule has 1 heterocycles. The molecule has 0 spiro atoms. The van der Waals surface area contributed by atoms with Crippen LogP contribution in [0.1, 0.15) is 6.42 Å². The number of sulfone groups is 1. The van der Waals surface area contributed by atoms with Crippen LogP contribution in [-0.2, 0) is 19.9 Å². The summed E-state index contributed by atoms with van der Waals surface area (Å²) in [5.74, 6) is 0. The Hall–Kier alpha value is -0.190. The average molecular weight is 434 g/mol. The predicted octanol–water partition coefficient (Wildman–Crippen LogP) is 1.26. The van der Waals surface area contributed by atoms with Crippen molar-refractivity contribution in [2.75, 3.05) is 26.4 Å². The molecule has 22 heavy (non-hydrogen) atoms. The van der Waals surface area contributed by atoms with Gasteiger partial charge in [-0.3, -0.25) is 0 Å². The number of nitrogens with zero attached hydrogens (tertiary/aromatic N) is 1. The van der Waals surface area contributed by atoms with Gasteiger partial charge in [0.1, 0.15) is 0 Å². The van der Waals surface area contributed by atoms with E-state index in [1.807, 2.05) is 0 Å². The maximum absolute atomic E-state index is 12.6. The number of sulfonamides is 1. The van der Waals surface area contributed by atoms with Gasteiger partial charge >= 0.3 is 0 Å². The van der Waals surface area contributed by atoms with Gasteiger partial charge < -0.3 is 5.32 Å². The van der Waals surface area contributed by atoms with Crippen LogP contribution in [0.25, 0.3) is 0 Å². The van der Waals surface area contributed by atoms with Crippen LogP contribution in [0.2, 0.25) is 0 Å². The molecule has 0 amide bonds. The van der Waals surface area contributed by atoms with Crippen LogP contribution in [0.3, 0.4) is 0 Å². The minimum absolute atomic E-state index is 0. The van der Waals surface area contributed by atoms with Crippen LogP contribution in [0, 0.1) is 0 Å². The van der Waals surface area contributed by atoms with E-state index in [4.69, 9.17) is 0 Å². The second kappa shape index (κ2) is 7.14. The number of hydrogen-bond acceptors (Lipinski definition) is 5. The van der Waals surface area contributed by atoms with Gasteiger partial charge in [0, 0.05) is 30.4 Å². The second-order valence-electron chi connectivity index (χ2n) is 5.03. The first-order chi connectivity index (χ1) is 9.64. The lowest BCUT2D eigenvalue weighted by atomic mass is 10.3. The molecule has 0 aliphatic carbocycles. The van der Waals surface area contributed by atoms with Crippen LogP contribution in [0.4, 0.5) is 0 Å². The zero-order valence-corrected chi connectivity index (χ0v) is 16.1. The number of halogens is 2. The van der Waals surface area contributed by atoms with Crippen molar-refractivity contribution >= 4 is 48.2 Å². The van der Waals surface area contributed by atoms with Crippen molar-refractivity contribution in [1.29, 1.82) is 0 Å². The lowest BCUT2D eigenvalue weighted by Gasteiger charge is -2.23. The smallest absolute Gasteiger partial charge is 0.244 e. The molecule has 1 unspecified atom stereocenters. The largest absolute Gasteiger partial charge is 0.315 e. The topological polar surface area (TPSA) is 83.6 Å². The van der Waals surface area contributed by atoms with Crippen molar-refractivity contribution in [1.82, 2.24) is 9.62 Å². The first kappa shape index (κ1) is 19.9. The Morgan fingerprint density at radius 1 is 1.27 bits per heavy atom. The van der Waals surface area contributed by atoms with Crippen LogP contribution in [-0.4, -0.2) is 53.6 Å². The van der Waals surface area contributed by atoms with E-state index in [9.17, 15) is 16.8 Å². The highest BCUT2D eigenvalue weighted by Gasteiger charge is 2.31. The van der Waals surface area contributed by atoms with Crippen molar-refractivity contribution in [3.63, 3.8) is 0 Å². The number of rotatable bonds is 4. The molecule has 0 saturated carbocycles. The van der Waals surface area contributed by atoms with E-state index in [1.54, 1.807) is 7.05 Å². The third-order valence-corrected chi connectivity index (χ3v) is 7.53. The zero-order valence-electron chi connectivity index (χ0n) is 12.1. The molecule has 1 fully saturated rings. The normalized spacial score (nSPS) is 19.2. The molecular formula is C12H18BrClN2O4S2. The molecule has 0 aromatic heterocycles. The average Bonchev–Trinajstić information content (AvgIpc) is 2.89. The highest BCUT2D eigenvalue weighted by atomic mass is 79.9. The first-order valence-electron chi connectivity index (χ1n) is 6.32.